The van der Waals surface area contributed by atoms with E-state index in [2.05, 4.69) is 82.7 Å². The summed E-state index contributed by atoms with van der Waals surface area (Å²) in [7, 11) is 4.38. The largest absolute Gasteiger partial charge is 0.334 e. The third-order valence-electron chi connectivity index (χ3n) is 6.15. The number of nitrogens with one attached hydrogen (secondary N) is 1. The second kappa shape index (κ2) is 12.3. The normalized spacial score (nSPS) is 15.6. The second-order valence-electron chi connectivity index (χ2n) is 8.46. The van der Waals surface area contributed by atoms with Crippen LogP contribution in [-0.2, 0) is 6.54 Å². The fourth-order valence-corrected chi connectivity index (χ4v) is 4.37. The zero-order valence-electron chi connectivity index (χ0n) is 20.9. The molecule has 4 heteroatoms. The Labute approximate surface area is 199 Å². The summed E-state index contributed by atoms with van der Waals surface area (Å²) in [5, 5.41) is 5.49. The van der Waals surface area contributed by atoms with Gasteiger partial charge in [0.15, 0.2) is 0 Å². The third-order valence-corrected chi connectivity index (χ3v) is 6.15. The second-order valence-corrected chi connectivity index (χ2v) is 8.46. The van der Waals surface area contributed by atoms with E-state index in [1.807, 2.05) is 44.2 Å². The molecule has 0 bridgehead atoms. The zero-order valence-corrected chi connectivity index (χ0v) is 20.9. The molecule has 0 spiro atoms. The van der Waals surface area contributed by atoms with E-state index in [-0.39, 0.29) is 0 Å². The number of para-hydroxylation sites is 1. The Morgan fingerprint density at radius 1 is 1.12 bits per heavy atom. The molecule has 1 fully saturated rings. The van der Waals surface area contributed by atoms with Crippen molar-refractivity contribution >= 4 is 17.5 Å². The molecule has 1 aromatic carbocycles. The summed E-state index contributed by atoms with van der Waals surface area (Å²) >= 11 is 0. The van der Waals surface area contributed by atoms with Crippen molar-refractivity contribution in [1.82, 2.24) is 14.4 Å². The SMILES string of the molecule is CC.CCn1c(C#CNc2ccccc2)cc2c1=CC=CC(CN1CCC(N(C)C)CC1)=C=2. The van der Waals surface area contributed by atoms with Crippen LogP contribution in [0.5, 0.6) is 0 Å². The number of nitrogens with zero attached hydrogens (tertiary/aromatic N) is 3. The molecular formula is C29H38N4. The maximum Gasteiger partial charge on any atom is 0.0955 e. The first-order chi connectivity index (χ1) is 16.1. The van der Waals surface area contributed by atoms with Crippen LogP contribution in [-0.4, -0.2) is 54.1 Å². The average molecular weight is 443 g/mol. The smallest absolute Gasteiger partial charge is 0.0955 e. The Hall–Kier alpha value is -2.96. The van der Waals surface area contributed by atoms with Gasteiger partial charge in [0.1, 0.15) is 0 Å². The molecule has 0 atom stereocenters. The molecular weight excluding hydrogens is 404 g/mol. The van der Waals surface area contributed by atoms with Crippen LogP contribution in [0.4, 0.5) is 5.69 Å². The minimum atomic E-state index is 0.711. The van der Waals surface area contributed by atoms with Gasteiger partial charge >= 0.3 is 0 Å². The van der Waals surface area contributed by atoms with Gasteiger partial charge in [-0.15, -0.1) is 5.73 Å². The first-order valence-electron chi connectivity index (χ1n) is 12.2. The van der Waals surface area contributed by atoms with Gasteiger partial charge in [0.2, 0.25) is 0 Å². The summed E-state index contributed by atoms with van der Waals surface area (Å²) in [6.07, 6.45) is 9.03. The van der Waals surface area contributed by atoms with E-state index in [4.69, 9.17) is 0 Å². The van der Waals surface area contributed by atoms with E-state index in [1.54, 1.807) is 0 Å². The molecule has 0 radical (unpaired) electrons. The molecule has 2 aromatic rings. The first kappa shape index (κ1) is 24.7. The van der Waals surface area contributed by atoms with E-state index in [1.165, 1.54) is 23.8 Å². The number of allylic oxidation sites excluding steroid dienone is 1. The summed E-state index contributed by atoms with van der Waals surface area (Å²) < 4.78 is 2.26. The van der Waals surface area contributed by atoms with Crippen LogP contribution >= 0.6 is 0 Å². The van der Waals surface area contributed by atoms with Crippen LogP contribution in [0.2, 0.25) is 0 Å². The molecule has 1 saturated heterocycles. The fraction of sp³-hybridized carbons (Fsp3) is 0.414. The Bertz CT molecular complexity index is 1140. The quantitative estimate of drug-likeness (QED) is 0.565. The van der Waals surface area contributed by atoms with Gasteiger partial charge in [-0.1, -0.05) is 38.1 Å². The Morgan fingerprint density at radius 3 is 2.52 bits per heavy atom. The van der Waals surface area contributed by atoms with Crippen molar-refractivity contribution < 1.29 is 0 Å². The Kier molecular flexibility index (Phi) is 9.22. The van der Waals surface area contributed by atoms with Gasteiger partial charge in [0, 0.05) is 41.7 Å². The molecule has 2 aliphatic rings. The van der Waals surface area contributed by atoms with E-state index >= 15 is 0 Å². The minimum Gasteiger partial charge on any atom is -0.334 e. The maximum atomic E-state index is 3.68. The Morgan fingerprint density at radius 2 is 1.85 bits per heavy atom. The molecule has 1 aliphatic heterocycles. The van der Waals surface area contributed by atoms with E-state index in [0.717, 1.165) is 42.8 Å². The maximum absolute atomic E-state index is 3.68. The standard InChI is InChI=1S/C27H32N4.C2H6/c1-4-31-26(13-16-28-24-10-6-5-7-11-24)20-23-19-22(9-8-12-27(23)31)21-30-17-14-25(15-18-30)29(2)3;1-2/h5-12,20,25,28H,4,14-15,17-18,21H2,1-3H3;1-2H3. The van der Waals surface area contributed by atoms with Gasteiger partial charge in [-0.25, -0.2) is 0 Å². The van der Waals surface area contributed by atoms with Crippen molar-refractivity contribution in [2.45, 2.75) is 46.2 Å². The predicted octanol–water partition coefficient (Wildman–Crippen LogP) is 3.64. The summed E-state index contributed by atoms with van der Waals surface area (Å²) in [4.78, 5) is 4.91. The van der Waals surface area contributed by atoms with Gasteiger partial charge in [-0.3, -0.25) is 4.90 Å². The van der Waals surface area contributed by atoms with E-state index < -0.39 is 0 Å². The van der Waals surface area contributed by atoms with Crippen LogP contribution in [0.15, 0.2) is 54.1 Å². The number of anilines is 1. The number of fused-ring (bicyclic) bond motifs is 1. The van der Waals surface area contributed by atoms with Crippen LogP contribution in [0.3, 0.4) is 0 Å². The molecule has 0 unspecified atom stereocenters. The number of rotatable bonds is 5. The number of piperidine rings is 1. The van der Waals surface area contributed by atoms with Crippen LogP contribution in [0.1, 0.15) is 39.3 Å². The van der Waals surface area contributed by atoms with Crippen LogP contribution in [0, 0.1) is 12.0 Å². The summed E-state index contributed by atoms with van der Waals surface area (Å²) in [5.41, 5.74) is 6.95. The molecule has 0 saturated carbocycles. The lowest BCUT2D eigenvalue weighted by atomic mass is 10.0. The molecule has 1 aromatic heterocycles. The molecule has 1 aliphatic carbocycles. The summed E-state index contributed by atoms with van der Waals surface area (Å²) in [6.45, 7) is 10.3. The Balaban J connectivity index is 0.00000149. The van der Waals surface area contributed by atoms with Crippen LogP contribution in [0.25, 0.3) is 11.8 Å². The van der Waals surface area contributed by atoms with Gasteiger partial charge < -0.3 is 14.8 Å². The van der Waals surface area contributed by atoms with Crippen molar-refractivity contribution in [3.8, 4) is 12.0 Å². The molecule has 174 valence electrons. The topological polar surface area (TPSA) is 23.4 Å². The predicted molar refractivity (Wildman–Crippen MR) is 141 cm³/mol. The van der Waals surface area contributed by atoms with Crippen molar-refractivity contribution in [3.63, 3.8) is 0 Å². The molecule has 2 heterocycles. The van der Waals surface area contributed by atoms with Crippen molar-refractivity contribution in [3.05, 3.63) is 70.4 Å². The lowest BCUT2D eigenvalue weighted by Gasteiger charge is -2.35. The minimum absolute atomic E-state index is 0.711. The number of aromatic nitrogens is 1. The molecule has 1 N–H and O–H groups in total. The van der Waals surface area contributed by atoms with Gasteiger partial charge in [-0.05, 0) is 83.2 Å². The highest BCUT2D eigenvalue weighted by atomic mass is 15.2. The number of benzene rings is 1. The molecule has 4 nitrogen and oxygen atoms in total. The monoisotopic (exact) mass is 442 g/mol. The van der Waals surface area contributed by atoms with Gasteiger partial charge in [0.25, 0.3) is 0 Å². The van der Waals surface area contributed by atoms with Gasteiger partial charge in [0.05, 0.1) is 11.0 Å². The molecule has 4 rings (SSSR count). The first-order valence-corrected chi connectivity index (χ1v) is 12.2. The molecule has 33 heavy (non-hydrogen) atoms. The van der Waals surface area contributed by atoms with Crippen molar-refractivity contribution in [1.29, 1.82) is 0 Å². The van der Waals surface area contributed by atoms with Crippen LogP contribution < -0.4 is 15.9 Å². The highest BCUT2D eigenvalue weighted by molar-refractivity contribution is 5.52. The zero-order chi connectivity index (χ0) is 23.6. The highest BCUT2D eigenvalue weighted by Crippen LogP contribution is 2.15. The number of likely N-dealkylation sites (tertiary alicyclic amines) is 1. The number of hydrogen-bond acceptors (Lipinski definition) is 3. The van der Waals surface area contributed by atoms with E-state index in [9.17, 15) is 0 Å². The van der Waals surface area contributed by atoms with Crippen molar-refractivity contribution in [2.75, 3.05) is 39.0 Å². The summed E-state index contributed by atoms with van der Waals surface area (Å²) in [5.74, 6) is 3.30. The molecule has 0 amide bonds. The number of hydrogen-bond donors (Lipinski definition) is 1. The van der Waals surface area contributed by atoms with Crippen molar-refractivity contribution in [2.24, 2.45) is 0 Å². The highest BCUT2D eigenvalue weighted by Gasteiger charge is 2.20. The fourth-order valence-electron chi connectivity index (χ4n) is 4.37. The summed E-state index contributed by atoms with van der Waals surface area (Å²) in [6, 6.07) is 16.0. The van der Waals surface area contributed by atoms with E-state index in [0.29, 0.717) is 6.04 Å². The third kappa shape index (κ3) is 6.53. The van der Waals surface area contributed by atoms with Gasteiger partial charge in [-0.2, -0.15) is 0 Å². The lowest BCUT2D eigenvalue weighted by Crippen LogP contribution is -2.42. The average Bonchev–Trinajstić information content (AvgIpc) is 3.04. The lowest BCUT2D eigenvalue weighted by molar-refractivity contribution is 0.154.